The van der Waals surface area contributed by atoms with E-state index < -0.39 is 17.1 Å². The van der Waals surface area contributed by atoms with E-state index in [2.05, 4.69) is 0 Å². The molecule has 2 aromatic rings. The molecule has 3 amide bonds. The highest BCUT2D eigenvalue weighted by molar-refractivity contribution is 8.18. The third-order valence-electron chi connectivity index (χ3n) is 5.95. The summed E-state index contributed by atoms with van der Waals surface area (Å²) in [5.74, 6) is -0.240. The number of benzene rings is 1. The number of furan rings is 1. The van der Waals surface area contributed by atoms with E-state index in [0.29, 0.717) is 30.2 Å². The predicted molar refractivity (Wildman–Crippen MR) is 128 cm³/mol. The first-order chi connectivity index (χ1) is 16.4. The summed E-state index contributed by atoms with van der Waals surface area (Å²) < 4.78 is 10.7. The number of esters is 1. The van der Waals surface area contributed by atoms with Crippen LogP contribution < -0.4 is 0 Å². The minimum atomic E-state index is -0.500. The van der Waals surface area contributed by atoms with Crippen LogP contribution in [0.3, 0.4) is 0 Å². The van der Waals surface area contributed by atoms with E-state index in [1.165, 1.54) is 13.2 Å². The summed E-state index contributed by atoms with van der Waals surface area (Å²) in [6.45, 7) is 2.98. The number of nitrogens with zero attached hydrogens (tertiary/aromatic N) is 2. The summed E-state index contributed by atoms with van der Waals surface area (Å²) in [5, 5.41) is -0.465. The Morgan fingerprint density at radius 1 is 1.09 bits per heavy atom. The molecule has 34 heavy (non-hydrogen) atoms. The van der Waals surface area contributed by atoms with Gasteiger partial charge in [-0.15, -0.1) is 0 Å². The number of hydrogen-bond donors (Lipinski definition) is 0. The van der Waals surface area contributed by atoms with Crippen molar-refractivity contribution in [2.45, 2.75) is 32.6 Å². The second-order valence-electron chi connectivity index (χ2n) is 8.29. The van der Waals surface area contributed by atoms with E-state index in [0.717, 1.165) is 53.5 Å². The van der Waals surface area contributed by atoms with Crippen LogP contribution >= 0.6 is 11.8 Å². The maximum atomic E-state index is 12.8. The molecule has 1 aromatic carbocycles. The summed E-state index contributed by atoms with van der Waals surface area (Å²) in [4.78, 5) is 52.8. The van der Waals surface area contributed by atoms with Crippen LogP contribution in [0.15, 0.2) is 39.7 Å². The van der Waals surface area contributed by atoms with Crippen molar-refractivity contribution >= 4 is 40.9 Å². The van der Waals surface area contributed by atoms with Crippen LogP contribution in [0, 0.1) is 6.92 Å². The van der Waals surface area contributed by atoms with E-state index in [-0.39, 0.29) is 17.4 Å². The second-order valence-corrected chi connectivity index (χ2v) is 9.28. The fourth-order valence-electron chi connectivity index (χ4n) is 4.03. The molecule has 2 fully saturated rings. The van der Waals surface area contributed by atoms with Gasteiger partial charge in [0, 0.05) is 24.7 Å². The number of carbonyl (C=O) groups excluding carboxylic acids is 4. The average molecular weight is 483 g/mol. The number of hydrogen-bond acceptors (Lipinski definition) is 7. The number of ether oxygens (including phenoxy) is 1. The van der Waals surface area contributed by atoms with Gasteiger partial charge in [0.2, 0.25) is 5.91 Å². The van der Waals surface area contributed by atoms with Gasteiger partial charge in [-0.1, -0.05) is 18.9 Å². The standard InChI is InChI=1S/C25H26N2O6S/c1-16-7-8-17(24(30)32-2)13-19(16)20-10-9-18(33-20)14-21-23(29)27(25(31)34-21)15-22(28)26-11-5-3-4-6-12-26/h7-10,13-14H,3-6,11-12,15H2,1-2H3. The summed E-state index contributed by atoms with van der Waals surface area (Å²) in [6.07, 6.45) is 5.56. The van der Waals surface area contributed by atoms with Crippen LogP contribution in [0.25, 0.3) is 17.4 Å². The molecule has 0 atom stereocenters. The lowest BCUT2D eigenvalue weighted by molar-refractivity contribution is -0.135. The fourth-order valence-corrected chi connectivity index (χ4v) is 4.85. The Labute approximate surface area is 201 Å². The van der Waals surface area contributed by atoms with Crippen molar-refractivity contribution in [2.75, 3.05) is 26.7 Å². The van der Waals surface area contributed by atoms with Crippen LogP contribution in [-0.4, -0.2) is 59.6 Å². The molecule has 2 aliphatic rings. The van der Waals surface area contributed by atoms with Gasteiger partial charge >= 0.3 is 5.97 Å². The van der Waals surface area contributed by atoms with Crippen molar-refractivity contribution in [1.82, 2.24) is 9.80 Å². The minimum absolute atomic E-state index is 0.202. The lowest BCUT2D eigenvalue weighted by atomic mass is 10.0. The SMILES string of the molecule is COC(=O)c1ccc(C)c(-c2ccc(C=C3SC(=O)N(CC(=O)N4CCCCCC4)C3=O)o2)c1. The van der Waals surface area contributed by atoms with Gasteiger partial charge in [0.1, 0.15) is 18.1 Å². The van der Waals surface area contributed by atoms with Gasteiger partial charge in [-0.05, 0) is 61.4 Å². The number of thioether (sulfide) groups is 1. The highest BCUT2D eigenvalue weighted by Crippen LogP contribution is 2.34. The Morgan fingerprint density at radius 2 is 1.82 bits per heavy atom. The number of rotatable bonds is 5. The third kappa shape index (κ3) is 5.09. The van der Waals surface area contributed by atoms with Crippen molar-refractivity contribution in [3.8, 4) is 11.3 Å². The Hall–Kier alpha value is -3.33. The molecule has 0 saturated carbocycles. The average Bonchev–Trinajstić information content (AvgIpc) is 3.26. The van der Waals surface area contributed by atoms with Crippen LogP contribution in [-0.2, 0) is 14.3 Å². The van der Waals surface area contributed by atoms with E-state index in [9.17, 15) is 19.2 Å². The maximum absolute atomic E-state index is 12.8. The lowest BCUT2D eigenvalue weighted by Gasteiger charge is -2.22. The van der Waals surface area contributed by atoms with E-state index in [1.54, 1.807) is 35.2 Å². The topological polar surface area (TPSA) is 97.1 Å². The molecule has 178 valence electrons. The maximum Gasteiger partial charge on any atom is 0.337 e. The molecule has 8 nitrogen and oxygen atoms in total. The van der Waals surface area contributed by atoms with E-state index in [1.807, 2.05) is 6.92 Å². The minimum Gasteiger partial charge on any atom is -0.465 e. The molecule has 1 aromatic heterocycles. The van der Waals surface area contributed by atoms with Gasteiger partial charge < -0.3 is 14.1 Å². The summed E-state index contributed by atoms with van der Waals surface area (Å²) in [7, 11) is 1.32. The summed E-state index contributed by atoms with van der Waals surface area (Å²) in [5.41, 5.74) is 2.02. The van der Waals surface area contributed by atoms with Gasteiger partial charge in [0.15, 0.2) is 0 Å². The van der Waals surface area contributed by atoms with Gasteiger partial charge in [0.25, 0.3) is 11.1 Å². The zero-order valence-electron chi connectivity index (χ0n) is 19.2. The largest absolute Gasteiger partial charge is 0.465 e. The molecule has 0 radical (unpaired) electrons. The molecule has 2 aliphatic heterocycles. The van der Waals surface area contributed by atoms with Crippen LogP contribution in [0.2, 0.25) is 0 Å². The van der Waals surface area contributed by atoms with Gasteiger partial charge in [0.05, 0.1) is 17.6 Å². The Bertz CT molecular complexity index is 1160. The van der Waals surface area contributed by atoms with Gasteiger partial charge in [-0.25, -0.2) is 4.79 Å². The molecule has 9 heteroatoms. The molecule has 0 bridgehead atoms. The highest BCUT2D eigenvalue weighted by atomic mass is 32.2. The monoisotopic (exact) mass is 482 g/mol. The molecule has 0 N–H and O–H groups in total. The van der Waals surface area contributed by atoms with Gasteiger partial charge in [-0.3, -0.25) is 19.3 Å². The van der Waals surface area contributed by atoms with Crippen molar-refractivity contribution in [3.63, 3.8) is 0 Å². The fraction of sp³-hybridized carbons (Fsp3) is 0.360. The zero-order chi connectivity index (χ0) is 24.2. The zero-order valence-corrected chi connectivity index (χ0v) is 20.0. The highest BCUT2D eigenvalue weighted by Gasteiger charge is 2.37. The molecule has 0 aliphatic carbocycles. The first-order valence-electron chi connectivity index (χ1n) is 11.2. The van der Waals surface area contributed by atoms with E-state index in [4.69, 9.17) is 9.15 Å². The number of carbonyl (C=O) groups is 4. The number of likely N-dealkylation sites (tertiary alicyclic amines) is 1. The molecular formula is C25H26N2O6S. The van der Waals surface area contributed by atoms with Crippen molar-refractivity contribution in [2.24, 2.45) is 0 Å². The number of methoxy groups -OCH3 is 1. The van der Waals surface area contributed by atoms with Crippen LogP contribution in [0.5, 0.6) is 0 Å². The Balaban J connectivity index is 1.49. The molecular weight excluding hydrogens is 456 g/mol. The lowest BCUT2D eigenvalue weighted by Crippen LogP contribution is -2.42. The molecule has 2 saturated heterocycles. The van der Waals surface area contributed by atoms with Crippen molar-refractivity contribution in [1.29, 1.82) is 0 Å². The number of amides is 3. The van der Waals surface area contributed by atoms with Crippen LogP contribution in [0.4, 0.5) is 4.79 Å². The van der Waals surface area contributed by atoms with Crippen LogP contribution in [0.1, 0.15) is 47.4 Å². The number of aryl methyl sites for hydroxylation is 1. The first-order valence-corrected chi connectivity index (χ1v) is 12.0. The normalized spacial score (nSPS) is 17.9. The molecule has 0 spiro atoms. The smallest absolute Gasteiger partial charge is 0.337 e. The third-order valence-corrected chi connectivity index (χ3v) is 6.86. The summed E-state index contributed by atoms with van der Waals surface area (Å²) in [6, 6.07) is 8.60. The van der Waals surface area contributed by atoms with Crippen molar-refractivity contribution < 1.29 is 28.3 Å². The quantitative estimate of drug-likeness (QED) is 0.458. The Morgan fingerprint density at radius 3 is 2.53 bits per heavy atom. The second kappa shape index (κ2) is 10.3. The molecule has 3 heterocycles. The predicted octanol–water partition coefficient (Wildman–Crippen LogP) is 4.48. The van der Waals surface area contributed by atoms with Gasteiger partial charge in [-0.2, -0.15) is 0 Å². The Kier molecular flexibility index (Phi) is 7.21. The first kappa shape index (κ1) is 23.8. The molecule has 4 rings (SSSR count). The van der Waals surface area contributed by atoms with Crippen molar-refractivity contribution in [3.05, 3.63) is 52.1 Å². The number of imide groups is 1. The summed E-state index contributed by atoms with van der Waals surface area (Å²) >= 11 is 0.794. The molecule has 0 unspecified atom stereocenters. The van der Waals surface area contributed by atoms with E-state index >= 15 is 0 Å².